The zero-order chi connectivity index (χ0) is 15.2. The average molecular weight is 348 g/mol. The van der Waals surface area contributed by atoms with Crippen LogP contribution in [0.3, 0.4) is 0 Å². The van der Waals surface area contributed by atoms with Gasteiger partial charge in [0.25, 0.3) is 0 Å². The normalized spacial score (nSPS) is 12.0. The average Bonchev–Trinajstić information content (AvgIpc) is 2.52. The number of benzene rings is 2. The van der Waals surface area contributed by atoms with Crippen molar-refractivity contribution < 1.29 is 9.53 Å². The Bertz CT molecular complexity index is 610. The summed E-state index contributed by atoms with van der Waals surface area (Å²) in [5.41, 5.74) is 2.93. The highest BCUT2D eigenvalue weighted by Crippen LogP contribution is 2.18. The maximum Gasteiger partial charge on any atom is 0.337 e. The standard InChI is InChI=1S/C17H18BrNO2/c1-12(15-4-3-5-16(18)10-15)19-11-13-6-8-14(9-7-13)17(20)21-2/h3-10,12,19H,11H2,1-2H3/t12-/m1/s1. The Morgan fingerprint density at radius 2 is 1.95 bits per heavy atom. The summed E-state index contributed by atoms with van der Waals surface area (Å²) < 4.78 is 5.76. The van der Waals surface area contributed by atoms with Crippen LogP contribution in [-0.2, 0) is 11.3 Å². The van der Waals surface area contributed by atoms with E-state index in [1.165, 1.54) is 12.7 Å². The number of rotatable bonds is 5. The zero-order valence-electron chi connectivity index (χ0n) is 12.1. The lowest BCUT2D eigenvalue weighted by Gasteiger charge is -2.14. The van der Waals surface area contributed by atoms with Gasteiger partial charge in [0.15, 0.2) is 0 Å². The van der Waals surface area contributed by atoms with Crippen LogP contribution in [0.25, 0.3) is 0 Å². The quantitative estimate of drug-likeness (QED) is 0.828. The first-order valence-electron chi connectivity index (χ1n) is 6.76. The third kappa shape index (κ3) is 4.41. The third-order valence-electron chi connectivity index (χ3n) is 3.34. The number of esters is 1. The van der Waals surface area contributed by atoms with E-state index in [1.54, 1.807) is 12.1 Å². The van der Waals surface area contributed by atoms with Crippen LogP contribution in [0.15, 0.2) is 53.0 Å². The molecule has 110 valence electrons. The number of carbonyl (C=O) groups is 1. The van der Waals surface area contributed by atoms with E-state index in [2.05, 4.69) is 45.0 Å². The minimum absolute atomic E-state index is 0.253. The summed E-state index contributed by atoms with van der Waals surface area (Å²) in [7, 11) is 1.39. The van der Waals surface area contributed by atoms with E-state index >= 15 is 0 Å². The molecule has 0 saturated heterocycles. The summed E-state index contributed by atoms with van der Waals surface area (Å²) in [5.74, 6) is -0.308. The number of hydrogen-bond donors (Lipinski definition) is 1. The second kappa shape index (κ2) is 7.38. The van der Waals surface area contributed by atoms with Crippen LogP contribution in [0.5, 0.6) is 0 Å². The summed E-state index contributed by atoms with van der Waals surface area (Å²) in [4.78, 5) is 11.4. The van der Waals surface area contributed by atoms with Crippen molar-refractivity contribution in [1.82, 2.24) is 5.32 Å². The minimum Gasteiger partial charge on any atom is -0.465 e. The fourth-order valence-corrected chi connectivity index (χ4v) is 2.46. The van der Waals surface area contributed by atoms with Gasteiger partial charge in [-0.25, -0.2) is 4.79 Å². The molecule has 2 rings (SSSR count). The molecule has 21 heavy (non-hydrogen) atoms. The van der Waals surface area contributed by atoms with Crippen molar-refractivity contribution in [2.45, 2.75) is 19.5 Å². The van der Waals surface area contributed by atoms with Crippen LogP contribution in [0.1, 0.15) is 34.5 Å². The van der Waals surface area contributed by atoms with Gasteiger partial charge in [0.1, 0.15) is 0 Å². The second-order valence-corrected chi connectivity index (χ2v) is 5.76. The first kappa shape index (κ1) is 15.7. The molecule has 0 aliphatic carbocycles. The summed E-state index contributed by atoms with van der Waals surface area (Å²) in [6.45, 7) is 2.87. The molecule has 2 aromatic carbocycles. The molecule has 0 fully saturated rings. The Labute approximate surface area is 133 Å². The molecule has 0 amide bonds. The Balaban J connectivity index is 1.95. The van der Waals surface area contributed by atoms with Gasteiger partial charge < -0.3 is 10.1 Å². The van der Waals surface area contributed by atoms with Gasteiger partial charge in [0.05, 0.1) is 12.7 Å². The fourth-order valence-electron chi connectivity index (χ4n) is 2.04. The molecule has 0 aliphatic rings. The predicted octanol–water partition coefficient (Wildman–Crippen LogP) is 4.09. The lowest BCUT2D eigenvalue weighted by Crippen LogP contribution is -2.18. The van der Waals surface area contributed by atoms with Gasteiger partial charge in [0, 0.05) is 17.1 Å². The Kier molecular flexibility index (Phi) is 5.53. The monoisotopic (exact) mass is 347 g/mol. The van der Waals surface area contributed by atoms with Crippen molar-refractivity contribution in [3.05, 3.63) is 69.7 Å². The second-order valence-electron chi connectivity index (χ2n) is 4.85. The van der Waals surface area contributed by atoms with Crippen LogP contribution in [0, 0.1) is 0 Å². The first-order valence-corrected chi connectivity index (χ1v) is 7.55. The Hall–Kier alpha value is -1.65. The summed E-state index contributed by atoms with van der Waals surface area (Å²) >= 11 is 3.48. The summed E-state index contributed by atoms with van der Waals surface area (Å²) in [6.07, 6.45) is 0. The maximum atomic E-state index is 11.4. The minimum atomic E-state index is -0.308. The van der Waals surface area contributed by atoms with Gasteiger partial charge >= 0.3 is 5.97 Å². The van der Waals surface area contributed by atoms with Crippen molar-refractivity contribution in [3.63, 3.8) is 0 Å². The molecule has 1 N–H and O–H groups in total. The Morgan fingerprint density at radius 1 is 1.24 bits per heavy atom. The molecular formula is C17H18BrNO2. The molecule has 0 saturated carbocycles. The topological polar surface area (TPSA) is 38.3 Å². The molecular weight excluding hydrogens is 330 g/mol. The first-order chi connectivity index (χ1) is 10.1. The maximum absolute atomic E-state index is 11.4. The van der Waals surface area contributed by atoms with E-state index in [-0.39, 0.29) is 12.0 Å². The lowest BCUT2D eigenvalue weighted by atomic mass is 10.1. The van der Waals surface area contributed by atoms with E-state index in [1.807, 2.05) is 24.3 Å². The number of nitrogens with one attached hydrogen (secondary N) is 1. The highest BCUT2D eigenvalue weighted by atomic mass is 79.9. The van der Waals surface area contributed by atoms with E-state index < -0.39 is 0 Å². The highest BCUT2D eigenvalue weighted by molar-refractivity contribution is 9.10. The number of ether oxygens (including phenoxy) is 1. The molecule has 3 nitrogen and oxygen atoms in total. The van der Waals surface area contributed by atoms with Gasteiger partial charge in [-0.1, -0.05) is 40.2 Å². The van der Waals surface area contributed by atoms with Gasteiger partial charge in [-0.15, -0.1) is 0 Å². The van der Waals surface area contributed by atoms with Crippen molar-refractivity contribution in [3.8, 4) is 0 Å². The predicted molar refractivity (Wildman–Crippen MR) is 87.2 cm³/mol. The van der Waals surface area contributed by atoms with Crippen LogP contribution in [0.2, 0.25) is 0 Å². The SMILES string of the molecule is COC(=O)c1ccc(CN[C@H](C)c2cccc(Br)c2)cc1. The van der Waals surface area contributed by atoms with Crippen molar-refractivity contribution in [2.24, 2.45) is 0 Å². The largest absolute Gasteiger partial charge is 0.465 e. The number of methoxy groups -OCH3 is 1. The van der Waals surface area contributed by atoms with Gasteiger partial charge in [-0.3, -0.25) is 0 Å². The van der Waals surface area contributed by atoms with Crippen LogP contribution >= 0.6 is 15.9 Å². The molecule has 0 aliphatic heterocycles. The number of carbonyl (C=O) groups excluding carboxylic acids is 1. The Morgan fingerprint density at radius 3 is 2.57 bits per heavy atom. The van der Waals surface area contributed by atoms with Crippen LogP contribution in [-0.4, -0.2) is 13.1 Å². The van der Waals surface area contributed by atoms with Crippen molar-refractivity contribution in [2.75, 3.05) is 7.11 Å². The summed E-state index contributed by atoms with van der Waals surface area (Å²) in [5, 5.41) is 3.47. The lowest BCUT2D eigenvalue weighted by molar-refractivity contribution is 0.0600. The highest BCUT2D eigenvalue weighted by Gasteiger charge is 2.07. The molecule has 0 unspecified atom stereocenters. The fraction of sp³-hybridized carbons (Fsp3) is 0.235. The van der Waals surface area contributed by atoms with Crippen molar-refractivity contribution in [1.29, 1.82) is 0 Å². The smallest absolute Gasteiger partial charge is 0.337 e. The molecule has 1 atom stereocenters. The van der Waals surface area contributed by atoms with Crippen molar-refractivity contribution >= 4 is 21.9 Å². The number of halogens is 1. The number of hydrogen-bond acceptors (Lipinski definition) is 3. The molecule has 2 aromatic rings. The van der Waals surface area contributed by atoms with Gasteiger partial charge in [-0.05, 0) is 42.3 Å². The molecule has 0 heterocycles. The van der Waals surface area contributed by atoms with E-state index in [0.29, 0.717) is 5.56 Å². The van der Waals surface area contributed by atoms with E-state index in [0.717, 1.165) is 16.6 Å². The summed E-state index contributed by atoms with van der Waals surface area (Å²) in [6, 6.07) is 16.0. The van der Waals surface area contributed by atoms with Gasteiger partial charge in [0.2, 0.25) is 0 Å². The molecule has 0 aromatic heterocycles. The third-order valence-corrected chi connectivity index (χ3v) is 3.83. The molecule has 0 radical (unpaired) electrons. The van der Waals surface area contributed by atoms with Crippen LogP contribution < -0.4 is 5.32 Å². The molecule has 0 spiro atoms. The van der Waals surface area contributed by atoms with E-state index in [4.69, 9.17) is 0 Å². The van der Waals surface area contributed by atoms with E-state index in [9.17, 15) is 4.79 Å². The van der Waals surface area contributed by atoms with Gasteiger partial charge in [-0.2, -0.15) is 0 Å². The molecule has 4 heteroatoms. The zero-order valence-corrected chi connectivity index (χ0v) is 13.7. The van der Waals surface area contributed by atoms with Crippen LogP contribution in [0.4, 0.5) is 0 Å². The molecule has 0 bridgehead atoms.